The molecule has 0 radical (unpaired) electrons. The maximum absolute atomic E-state index is 8.15. The Balaban J connectivity index is 1.84. The highest BCUT2D eigenvalue weighted by Crippen LogP contribution is 2.28. The first-order valence-corrected chi connectivity index (χ1v) is 6.29. The lowest BCUT2D eigenvalue weighted by Crippen LogP contribution is -2.26. The standard InChI is InChI=1S/C15H16N2O/c16-15(17-9-11-5-6-11)14-4-2-1-3-13(14)12-7-8-18-10-12/h1-4,7-8,10-11H,5-6,9H2,(H2,16,17). The van der Waals surface area contributed by atoms with E-state index in [1.54, 1.807) is 12.5 Å². The third-order valence-corrected chi connectivity index (χ3v) is 3.29. The number of rotatable bonds is 4. The zero-order valence-corrected chi connectivity index (χ0v) is 10.1. The molecule has 0 atom stereocenters. The molecule has 92 valence electrons. The van der Waals surface area contributed by atoms with Gasteiger partial charge in [0.05, 0.1) is 12.5 Å². The summed E-state index contributed by atoms with van der Waals surface area (Å²) in [5.41, 5.74) is 2.99. The van der Waals surface area contributed by atoms with E-state index in [0.29, 0.717) is 5.84 Å². The molecule has 18 heavy (non-hydrogen) atoms. The normalized spacial score (nSPS) is 14.4. The van der Waals surface area contributed by atoms with Crippen LogP contribution >= 0.6 is 0 Å². The third-order valence-electron chi connectivity index (χ3n) is 3.29. The van der Waals surface area contributed by atoms with Crippen LogP contribution in [0, 0.1) is 11.3 Å². The summed E-state index contributed by atoms with van der Waals surface area (Å²) in [6.45, 7) is 0.915. The predicted molar refractivity (Wildman–Crippen MR) is 71.7 cm³/mol. The summed E-state index contributed by atoms with van der Waals surface area (Å²) in [6.07, 6.45) is 5.97. The fraction of sp³-hybridized carbons (Fsp3) is 0.267. The van der Waals surface area contributed by atoms with Crippen LogP contribution < -0.4 is 5.32 Å². The molecule has 2 aromatic rings. The summed E-state index contributed by atoms with van der Waals surface area (Å²) in [7, 11) is 0. The molecule has 0 amide bonds. The van der Waals surface area contributed by atoms with Gasteiger partial charge in [-0.05, 0) is 30.4 Å². The highest BCUT2D eigenvalue weighted by Gasteiger charge is 2.21. The largest absolute Gasteiger partial charge is 0.472 e. The van der Waals surface area contributed by atoms with Crippen molar-refractivity contribution in [2.75, 3.05) is 6.54 Å². The summed E-state index contributed by atoms with van der Waals surface area (Å²) in [5.74, 6) is 1.27. The minimum atomic E-state index is 0.499. The van der Waals surface area contributed by atoms with E-state index in [4.69, 9.17) is 9.83 Å². The Labute approximate surface area is 106 Å². The van der Waals surface area contributed by atoms with Gasteiger partial charge in [-0.15, -0.1) is 0 Å². The van der Waals surface area contributed by atoms with Crippen LogP contribution in [0.2, 0.25) is 0 Å². The molecule has 0 saturated heterocycles. The monoisotopic (exact) mass is 240 g/mol. The van der Waals surface area contributed by atoms with Gasteiger partial charge in [0.25, 0.3) is 0 Å². The van der Waals surface area contributed by atoms with Crippen LogP contribution in [0.1, 0.15) is 18.4 Å². The van der Waals surface area contributed by atoms with Crippen LogP contribution in [0.25, 0.3) is 11.1 Å². The number of hydrogen-bond donors (Lipinski definition) is 2. The molecule has 3 heteroatoms. The van der Waals surface area contributed by atoms with Gasteiger partial charge in [-0.3, -0.25) is 5.41 Å². The van der Waals surface area contributed by atoms with Gasteiger partial charge in [0, 0.05) is 17.7 Å². The van der Waals surface area contributed by atoms with Gasteiger partial charge in [0.1, 0.15) is 5.84 Å². The third kappa shape index (κ3) is 2.30. The van der Waals surface area contributed by atoms with Crippen LogP contribution in [-0.4, -0.2) is 12.4 Å². The van der Waals surface area contributed by atoms with E-state index in [2.05, 4.69) is 5.32 Å². The van der Waals surface area contributed by atoms with Crippen molar-refractivity contribution in [1.29, 1.82) is 5.41 Å². The number of benzene rings is 1. The van der Waals surface area contributed by atoms with Crippen molar-refractivity contribution >= 4 is 5.84 Å². The zero-order chi connectivity index (χ0) is 12.4. The molecule has 1 aromatic heterocycles. The first kappa shape index (κ1) is 11.1. The lowest BCUT2D eigenvalue weighted by molar-refractivity contribution is 0.568. The first-order valence-electron chi connectivity index (χ1n) is 6.29. The Kier molecular flexibility index (Phi) is 2.89. The molecule has 3 rings (SSSR count). The molecule has 1 aliphatic carbocycles. The number of amidine groups is 1. The number of hydrogen-bond acceptors (Lipinski definition) is 2. The lowest BCUT2D eigenvalue weighted by Gasteiger charge is -2.11. The quantitative estimate of drug-likeness (QED) is 0.636. The van der Waals surface area contributed by atoms with Gasteiger partial charge in [0.2, 0.25) is 0 Å². The van der Waals surface area contributed by atoms with Gasteiger partial charge in [0.15, 0.2) is 0 Å². The lowest BCUT2D eigenvalue weighted by atomic mass is 10.0. The molecular formula is C15H16N2O. The topological polar surface area (TPSA) is 49.0 Å². The summed E-state index contributed by atoms with van der Waals surface area (Å²) in [5, 5.41) is 11.4. The highest BCUT2D eigenvalue weighted by atomic mass is 16.3. The molecule has 1 aromatic carbocycles. The minimum Gasteiger partial charge on any atom is -0.472 e. The van der Waals surface area contributed by atoms with Crippen molar-refractivity contribution in [1.82, 2.24) is 5.32 Å². The Bertz CT molecular complexity index is 541. The fourth-order valence-corrected chi connectivity index (χ4v) is 2.03. The molecule has 3 nitrogen and oxygen atoms in total. The Morgan fingerprint density at radius 3 is 2.83 bits per heavy atom. The van der Waals surface area contributed by atoms with Crippen LogP contribution in [0.3, 0.4) is 0 Å². The fourth-order valence-electron chi connectivity index (χ4n) is 2.03. The average molecular weight is 240 g/mol. The molecule has 0 bridgehead atoms. The van der Waals surface area contributed by atoms with E-state index in [1.165, 1.54) is 12.8 Å². The molecular weight excluding hydrogens is 224 g/mol. The SMILES string of the molecule is N=C(NCC1CC1)c1ccccc1-c1ccoc1. The Hall–Kier alpha value is -2.03. The van der Waals surface area contributed by atoms with Gasteiger partial charge in [-0.25, -0.2) is 0 Å². The molecule has 1 aliphatic rings. The highest BCUT2D eigenvalue weighted by molar-refractivity contribution is 6.02. The van der Waals surface area contributed by atoms with Crippen molar-refractivity contribution in [3.05, 3.63) is 48.4 Å². The van der Waals surface area contributed by atoms with Crippen LogP contribution in [0.5, 0.6) is 0 Å². The van der Waals surface area contributed by atoms with E-state index < -0.39 is 0 Å². The predicted octanol–water partition coefficient (Wildman–Crippen LogP) is 3.27. The molecule has 2 N–H and O–H groups in total. The summed E-state index contributed by atoms with van der Waals surface area (Å²) in [6, 6.07) is 9.87. The van der Waals surface area contributed by atoms with Crippen molar-refractivity contribution < 1.29 is 4.42 Å². The van der Waals surface area contributed by atoms with Gasteiger partial charge >= 0.3 is 0 Å². The minimum absolute atomic E-state index is 0.499. The Morgan fingerprint density at radius 1 is 1.28 bits per heavy atom. The van der Waals surface area contributed by atoms with Gasteiger partial charge in [-0.1, -0.05) is 24.3 Å². The molecule has 1 saturated carbocycles. The van der Waals surface area contributed by atoms with Crippen molar-refractivity contribution in [2.45, 2.75) is 12.8 Å². The first-order chi connectivity index (χ1) is 8.84. The second kappa shape index (κ2) is 4.69. The Morgan fingerprint density at radius 2 is 2.11 bits per heavy atom. The van der Waals surface area contributed by atoms with Crippen molar-refractivity contribution in [3.8, 4) is 11.1 Å². The van der Waals surface area contributed by atoms with E-state index >= 15 is 0 Å². The van der Waals surface area contributed by atoms with Crippen molar-refractivity contribution in [2.24, 2.45) is 5.92 Å². The van der Waals surface area contributed by atoms with Crippen molar-refractivity contribution in [3.63, 3.8) is 0 Å². The van der Waals surface area contributed by atoms with Crippen LogP contribution in [0.4, 0.5) is 0 Å². The van der Waals surface area contributed by atoms with Gasteiger partial charge < -0.3 is 9.73 Å². The maximum Gasteiger partial charge on any atom is 0.126 e. The molecule has 1 heterocycles. The average Bonchev–Trinajstić information content (AvgIpc) is 3.08. The van der Waals surface area contributed by atoms with Gasteiger partial charge in [-0.2, -0.15) is 0 Å². The molecule has 0 spiro atoms. The number of furan rings is 1. The smallest absolute Gasteiger partial charge is 0.126 e. The molecule has 0 unspecified atom stereocenters. The van der Waals surface area contributed by atoms with E-state index in [1.807, 2.05) is 30.3 Å². The summed E-state index contributed by atoms with van der Waals surface area (Å²) >= 11 is 0. The van der Waals surface area contributed by atoms with Crippen LogP contribution in [0.15, 0.2) is 47.3 Å². The summed E-state index contributed by atoms with van der Waals surface area (Å²) < 4.78 is 5.12. The molecule has 0 aliphatic heterocycles. The number of nitrogens with one attached hydrogen (secondary N) is 2. The zero-order valence-electron chi connectivity index (χ0n) is 10.1. The maximum atomic E-state index is 8.15. The van der Waals surface area contributed by atoms with E-state index in [0.717, 1.165) is 29.2 Å². The second-order valence-corrected chi connectivity index (χ2v) is 4.76. The van der Waals surface area contributed by atoms with Crippen LogP contribution in [-0.2, 0) is 0 Å². The van der Waals surface area contributed by atoms with E-state index in [9.17, 15) is 0 Å². The van der Waals surface area contributed by atoms with E-state index in [-0.39, 0.29) is 0 Å². The summed E-state index contributed by atoms with van der Waals surface area (Å²) in [4.78, 5) is 0. The molecule has 1 fully saturated rings. The second-order valence-electron chi connectivity index (χ2n) is 4.76.